The van der Waals surface area contributed by atoms with E-state index in [1.165, 1.54) is 11.6 Å². The molecular weight excluding hydrogens is 243 g/mol. The van der Waals surface area contributed by atoms with E-state index in [9.17, 15) is 4.39 Å². The Balaban J connectivity index is 1.65. The molecule has 2 aliphatic rings. The highest BCUT2D eigenvalue weighted by molar-refractivity contribution is 5.26. The van der Waals surface area contributed by atoms with E-state index in [1.807, 2.05) is 6.07 Å². The summed E-state index contributed by atoms with van der Waals surface area (Å²) in [5.74, 6) is -0.139. The minimum Gasteiger partial charge on any atom is -0.378 e. The van der Waals surface area contributed by atoms with Gasteiger partial charge in [-0.25, -0.2) is 4.39 Å². The molecule has 2 saturated heterocycles. The number of nitrogens with zero attached hydrogens (tertiary/aromatic N) is 2. The van der Waals surface area contributed by atoms with Crippen LogP contribution in [0.25, 0.3) is 0 Å². The van der Waals surface area contributed by atoms with E-state index in [2.05, 4.69) is 16.7 Å². The summed E-state index contributed by atoms with van der Waals surface area (Å²) in [6, 6.07) is 5.58. The molecule has 0 spiro atoms. The summed E-state index contributed by atoms with van der Waals surface area (Å²) in [6.07, 6.45) is 0. The monoisotopic (exact) mass is 264 g/mol. The molecule has 0 unspecified atom stereocenters. The quantitative estimate of drug-likeness (QED) is 0.808. The fourth-order valence-electron chi connectivity index (χ4n) is 3.01. The van der Waals surface area contributed by atoms with Crippen LogP contribution in [-0.4, -0.2) is 55.2 Å². The van der Waals surface area contributed by atoms with Crippen molar-refractivity contribution in [3.8, 4) is 0 Å². The first-order valence-electron chi connectivity index (χ1n) is 7.01. The minimum atomic E-state index is -0.139. The summed E-state index contributed by atoms with van der Waals surface area (Å²) in [7, 11) is 0. The Labute approximate surface area is 114 Å². The molecule has 0 radical (unpaired) electrons. The second-order valence-electron chi connectivity index (χ2n) is 5.57. The number of fused-ring (bicyclic) bond motifs is 1. The molecule has 3 rings (SSSR count). The Morgan fingerprint density at radius 1 is 1.32 bits per heavy atom. The zero-order chi connectivity index (χ0) is 13.2. The number of piperazine rings is 1. The first-order chi connectivity index (χ1) is 9.22. The molecular formula is C15H21FN2O. The number of halogens is 1. The Hall–Kier alpha value is -0.970. The molecule has 4 heteroatoms. The second kappa shape index (κ2) is 5.57. The Bertz CT molecular complexity index is 452. The Morgan fingerprint density at radius 3 is 3.11 bits per heavy atom. The predicted octanol–water partition coefficient (Wildman–Crippen LogP) is 1.65. The number of benzene rings is 1. The van der Waals surface area contributed by atoms with Gasteiger partial charge in [-0.05, 0) is 30.2 Å². The molecule has 0 amide bonds. The van der Waals surface area contributed by atoms with Crippen molar-refractivity contribution in [2.45, 2.75) is 19.5 Å². The van der Waals surface area contributed by atoms with E-state index < -0.39 is 0 Å². The number of rotatable bonds is 2. The van der Waals surface area contributed by atoms with Crippen molar-refractivity contribution < 1.29 is 9.13 Å². The first-order valence-corrected chi connectivity index (χ1v) is 7.01. The fourth-order valence-corrected chi connectivity index (χ4v) is 3.01. The summed E-state index contributed by atoms with van der Waals surface area (Å²) < 4.78 is 18.9. The smallest absolute Gasteiger partial charge is 0.123 e. The number of morpholine rings is 1. The molecule has 0 saturated carbocycles. The van der Waals surface area contributed by atoms with Gasteiger partial charge < -0.3 is 4.74 Å². The van der Waals surface area contributed by atoms with Crippen LogP contribution in [0.4, 0.5) is 4.39 Å². The zero-order valence-electron chi connectivity index (χ0n) is 11.4. The van der Waals surface area contributed by atoms with Gasteiger partial charge >= 0.3 is 0 Å². The van der Waals surface area contributed by atoms with Crippen LogP contribution in [0, 0.1) is 12.7 Å². The van der Waals surface area contributed by atoms with Crippen molar-refractivity contribution in [1.82, 2.24) is 9.80 Å². The van der Waals surface area contributed by atoms with E-state index >= 15 is 0 Å². The lowest BCUT2D eigenvalue weighted by Crippen LogP contribution is -2.57. The third-order valence-corrected chi connectivity index (χ3v) is 4.23. The molecule has 1 aromatic rings. The molecule has 1 atom stereocenters. The van der Waals surface area contributed by atoms with Gasteiger partial charge in [0.15, 0.2) is 0 Å². The van der Waals surface area contributed by atoms with Gasteiger partial charge in [-0.3, -0.25) is 9.80 Å². The largest absolute Gasteiger partial charge is 0.378 e. The van der Waals surface area contributed by atoms with E-state index in [0.29, 0.717) is 6.04 Å². The van der Waals surface area contributed by atoms with E-state index in [0.717, 1.165) is 51.5 Å². The lowest BCUT2D eigenvalue weighted by molar-refractivity contribution is -0.0462. The van der Waals surface area contributed by atoms with Crippen LogP contribution >= 0.6 is 0 Å². The van der Waals surface area contributed by atoms with Crippen LogP contribution in [0.5, 0.6) is 0 Å². The van der Waals surface area contributed by atoms with Crippen LogP contribution < -0.4 is 0 Å². The maximum absolute atomic E-state index is 13.3. The van der Waals surface area contributed by atoms with Crippen molar-refractivity contribution in [3.63, 3.8) is 0 Å². The van der Waals surface area contributed by atoms with Crippen molar-refractivity contribution in [2.75, 3.05) is 39.4 Å². The van der Waals surface area contributed by atoms with Crippen LogP contribution in [0.2, 0.25) is 0 Å². The van der Waals surface area contributed by atoms with E-state index in [4.69, 9.17) is 4.74 Å². The fraction of sp³-hybridized carbons (Fsp3) is 0.600. The molecule has 2 fully saturated rings. The topological polar surface area (TPSA) is 15.7 Å². The van der Waals surface area contributed by atoms with Gasteiger partial charge in [0.25, 0.3) is 0 Å². The predicted molar refractivity (Wildman–Crippen MR) is 72.6 cm³/mol. The van der Waals surface area contributed by atoms with E-state index in [-0.39, 0.29) is 5.82 Å². The summed E-state index contributed by atoms with van der Waals surface area (Å²) in [5, 5.41) is 0. The molecule has 1 aromatic carbocycles. The molecule has 0 bridgehead atoms. The molecule has 2 heterocycles. The molecule has 0 aromatic heterocycles. The van der Waals surface area contributed by atoms with Gasteiger partial charge in [-0.1, -0.05) is 6.07 Å². The third kappa shape index (κ3) is 2.96. The van der Waals surface area contributed by atoms with Gasteiger partial charge in [0.2, 0.25) is 0 Å². The molecule has 3 nitrogen and oxygen atoms in total. The Morgan fingerprint density at radius 2 is 2.21 bits per heavy atom. The maximum Gasteiger partial charge on any atom is 0.123 e. The maximum atomic E-state index is 13.3. The number of hydrogen-bond acceptors (Lipinski definition) is 3. The summed E-state index contributed by atoms with van der Waals surface area (Å²) in [4.78, 5) is 4.93. The van der Waals surface area contributed by atoms with Crippen molar-refractivity contribution in [2.24, 2.45) is 0 Å². The molecule has 104 valence electrons. The second-order valence-corrected chi connectivity index (χ2v) is 5.57. The van der Waals surface area contributed by atoms with Crippen molar-refractivity contribution in [1.29, 1.82) is 0 Å². The summed E-state index contributed by atoms with van der Waals surface area (Å²) in [6.45, 7) is 8.82. The van der Waals surface area contributed by atoms with Gasteiger partial charge in [-0.2, -0.15) is 0 Å². The number of ether oxygens (including phenoxy) is 1. The standard InChI is InChI=1S/C15H21FN2O/c1-12-2-3-14(16)8-13(12)9-17-4-5-18-6-7-19-11-15(18)10-17/h2-3,8,15H,4-7,9-11H2,1H3/t15-/m1/s1. The van der Waals surface area contributed by atoms with Crippen LogP contribution in [0.1, 0.15) is 11.1 Å². The van der Waals surface area contributed by atoms with Gasteiger partial charge in [-0.15, -0.1) is 0 Å². The molecule has 0 aliphatic carbocycles. The first kappa shape index (κ1) is 13.0. The van der Waals surface area contributed by atoms with Crippen molar-refractivity contribution in [3.05, 3.63) is 35.1 Å². The lowest BCUT2D eigenvalue weighted by Gasteiger charge is -2.43. The molecule has 2 aliphatic heterocycles. The number of hydrogen-bond donors (Lipinski definition) is 0. The molecule has 0 N–H and O–H groups in total. The summed E-state index contributed by atoms with van der Waals surface area (Å²) >= 11 is 0. The minimum absolute atomic E-state index is 0.139. The van der Waals surface area contributed by atoms with Gasteiger partial charge in [0, 0.05) is 38.8 Å². The Kier molecular flexibility index (Phi) is 3.82. The highest BCUT2D eigenvalue weighted by Crippen LogP contribution is 2.18. The highest BCUT2D eigenvalue weighted by atomic mass is 19.1. The van der Waals surface area contributed by atoms with Crippen molar-refractivity contribution >= 4 is 0 Å². The average Bonchev–Trinajstić information content (AvgIpc) is 2.43. The average molecular weight is 264 g/mol. The normalized spacial score (nSPS) is 25.3. The highest BCUT2D eigenvalue weighted by Gasteiger charge is 2.29. The summed E-state index contributed by atoms with van der Waals surface area (Å²) in [5.41, 5.74) is 2.27. The van der Waals surface area contributed by atoms with Crippen LogP contribution in [0.3, 0.4) is 0 Å². The van der Waals surface area contributed by atoms with Crippen LogP contribution in [-0.2, 0) is 11.3 Å². The third-order valence-electron chi connectivity index (χ3n) is 4.23. The van der Waals surface area contributed by atoms with Gasteiger partial charge in [0.1, 0.15) is 5.82 Å². The van der Waals surface area contributed by atoms with Gasteiger partial charge in [0.05, 0.1) is 13.2 Å². The van der Waals surface area contributed by atoms with Crippen LogP contribution in [0.15, 0.2) is 18.2 Å². The zero-order valence-corrected chi connectivity index (χ0v) is 11.4. The lowest BCUT2D eigenvalue weighted by atomic mass is 10.1. The SMILES string of the molecule is Cc1ccc(F)cc1CN1CCN2CCOC[C@H]2C1. The molecule has 19 heavy (non-hydrogen) atoms. The van der Waals surface area contributed by atoms with E-state index in [1.54, 1.807) is 6.07 Å². The number of aryl methyl sites for hydroxylation is 1.